The Morgan fingerprint density at radius 3 is 2.88 bits per heavy atom. The second-order valence-corrected chi connectivity index (χ2v) is 8.30. The van der Waals surface area contributed by atoms with E-state index in [2.05, 4.69) is 46.4 Å². The zero-order chi connectivity index (χ0) is 17.2. The van der Waals surface area contributed by atoms with E-state index in [1.54, 1.807) is 11.3 Å². The predicted molar refractivity (Wildman–Crippen MR) is 103 cm³/mol. The van der Waals surface area contributed by atoms with E-state index in [0.29, 0.717) is 10.0 Å². The number of benzene rings is 1. The van der Waals surface area contributed by atoms with Crippen molar-refractivity contribution in [3.05, 3.63) is 68.4 Å². The van der Waals surface area contributed by atoms with E-state index >= 15 is 0 Å². The Morgan fingerprint density at radius 2 is 2.12 bits per heavy atom. The Labute approximate surface area is 155 Å². The van der Waals surface area contributed by atoms with Gasteiger partial charge in [-0.05, 0) is 23.9 Å². The minimum Gasteiger partial charge on any atom is -0.297 e. The van der Waals surface area contributed by atoms with Crippen molar-refractivity contribution in [1.82, 2.24) is 9.88 Å². The summed E-state index contributed by atoms with van der Waals surface area (Å²) in [4.78, 5) is 21.2. The molecule has 0 aliphatic carbocycles. The number of aryl methyl sites for hydroxylation is 1. The van der Waals surface area contributed by atoms with Crippen molar-refractivity contribution in [2.45, 2.75) is 26.4 Å². The van der Waals surface area contributed by atoms with Crippen molar-refractivity contribution in [2.24, 2.45) is 0 Å². The number of fused-ring (bicyclic) bond motifs is 1. The third-order valence-corrected chi connectivity index (χ3v) is 6.17. The lowest BCUT2D eigenvalue weighted by Gasteiger charge is -2.25. The highest BCUT2D eigenvalue weighted by atomic mass is 32.1. The first kappa shape index (κ1) is 16.4. The number of amides is 1. The topological polar surface area (TPSA) is 45.2 Å². The van der Waals surface area contributed by atoms with Gasteiger partial charge in [-0.2, -0.15) is 0 Å². The van der Waals surface area contributed by atoms with Crippen LogP contribution in [0.15, 0.2) is 41.8 Å². The van der Waals surface area contributed by atoms with Crippen LogP contribution in [-0.4, -0.2) is 22.3 Å². The first-order valence-corrected chi connectivity index (χ1v) is 9.98. The molecule has 0 atom stereocenters. The van der Waals surface area contributed by atoms with Crippen LogP contribution in [0.4, 0.5) is 5.13 Å². The number of anilines is 1. The fraction of sp³-hybridized carbons (Fsp3) is 0.263. The van der Waals surface area contributed by atoms with E-state index in [-0.39, 0.29) is 5.91 Å². The van der Waals surface area contributed by atoms with Crippen molar-refractivity contribution < 1.29 is 4.79 Å². The van der Waals surface area contributed by atoms with Crippen molar-refractivity contribution in [1.29, 1.82) is 0 Å². The third-order valence-electron chi connectivity index (χ3n) is 4.30. The van der Waals surface area contributed by atoms with Crippen LogP contribution in [0.5, 0.6) is 0 Å². The second-order valence-electron chi connectivity index (χ2n) is 6.27. The zero-order valence-electron chi connectivity index (χ0n) is 14.0. The smallest absolute Gasteiger partial charge is 0.267 e. The molecule has 3 heterocycles. The highest BCUT2D eigenvalue weighted by Gasteiger charge is 2.21. The Morgan fingerprint density at radius 1 is 1.28 bits per heavy atom. The van der Waals surface area contributed by atoms with Gasteiger partial charge in [-0.15, -0.1) is 22.7 Å². The van der Waals surface area contributed by atoms with Crippen LogP contribution in [0.3, 0.4) is 0 Å². The molecule has 1 N–H and O–H groups in total. The van der Waals surface area contributed by atoms with E-state index in [1.165, 1.54) is 27.3 Å². The number of hydrogen-bond donors (Lipinski definition) is 1. The molecule has 1 amide bonds. The zero-order valence-corrected chi connectivity index (χ0v) is 15.6. The molecule has 1 aromatic carbocycles. The van der Waals surface area contributed by atoms with E-state index in [1.807, 2.05) is 17.5 Å². The number of rotatable bonds is 4. The SMILES string of the molecule is Cc1ccc(CN2CCc3nc(NC(=O)c4cccs4)sc3C2)cc1. The standard InChI is InChI=1S/C19H19N3OS2/c1-13-4-6-14(7-5-13)11-22-9-8-15-17(12-22)25-19(20-15)21-18(23)16-3-2-10-24-16/h2-7,10H,8-9,11-12H2,1H3,(H,20,21,23). The van der Waals surface area contributed by atoms with Gasteiger partial charge in [0.25, 0.3) is 5.91 Å². The molecule has 128 valence electrons. The van der Waals surface area contributed by atoms with Gasteiger partial charge < -0.3 is 0 Å². The van der Waals surface area contributed by atoms with E-state index < -0.39 is 0 Å². The highest BCUT2D eigenvalue weighted by molar-refractivity contribution is 7.16. The van der Waals surface area contributed by atoms with Gasteiger partial charge in [0.1, 0.15) is 0 Å². The summed E-state index contributed by atoms with van der Waals surface area (Å²) in [5.74, 6) is -0.0717. The molecule has 0 saturated heterocycles. The summed E-state index contributed by atoms with van der Waals surface area (Å²) in [5.41, 5.74) is 3.76. The molecular formula is C19H19N3OS2. The minimum atomic E-state index is -0.0717. The molecule has 25 heavy (non-hydrogen) atoms. The number of thiophene rings is 1. The summed E-state index contributed by atoms with van der Waals surface area (Å²) < 4.78 is 0. The minimum absolute atomic E-state index is 0.0717. The molecule has 0 unspecified atom stereocenters. The Hall–Kier alpha value is -2.02. The summed E-state index contributed by atoms with van der Waals surface area (Å²) in [5, 5.41) is 5.55. The van der Waals surface area contributed by atoms with Gasteiger partial charge in [0.05, 0.1) is 10.6 Å². The molecular weight excluding hydrogens is 350 g/mol. The molecule has 0 saturated carbocycles. The number of aromatic nitrogens is 1. The number of carbonyl (C=O) groups excluding carboxylic acids is 1. The maximum absolute atomic E-state index is 12.2. The largest absolute Gasteiger partial charge is 0.297 e. The molecule has 4 rings (SSSR count). The Bertz CT molecular complexity index is 869. The maximum Gasteiger partial charge on any atom is 0.267 e. The maximum atomic E-state index is 12.2. The first-order chi connectivity index (χ1) is 12.2. The van der Waals surface area contributed by atoms with Crippen LogP contribution in [0, 0.1) is 6.92 Å². The lowest BCUT2D eigenvalue weighted by atomic mass is 10.1. The fourth-order valence-electron chi connectivity index (χ4n) is 2.95. The van der Waals surface area contributed by atoms with Crippen LogP contribution in [-0.2, 0) is 19.5 Å². The van der Waals surface area contributed by atoms with Crippen LogP contribution in [0.1, 0.15) is 31.4 Å². The molecule has 4 nitrogen and oxygen atoms in total. The fourth-order valence-corrected chi connectivity index (χ4v) is 4.62. The number of nitrogens with one attached hydrogen (secondary N) is 1. The molecule has 0 bridgehead atoms. The molecule has 0 spiro atoms. The van der Waals surface area contributed by atoms with Crippen molar-refractivity contribution in [3.63, 3.8) is 0 Å². The van der Waals surface area contributed by atoms with Gasteiger partial charge in [-0.25, -0.2) is 4.98 Å². The number of thiazole rings is 1. The summed E-state index contributed by atoms with van der Waals surface area (Å²) in [6.45, 7) is 4.97. The average molecular weight is 370 g/mol. The van der Waals surface area contributed by atoms with Crippen LogP contribution in [0.2, 0.25) is 0 Å². The summed E-state index contributed by atoms with van der Waals surface area (Å²) in [6.07, 6.45) is 0.937. The molecule has 3 aromatic rings. The van der Waals surface area contributed by atoms with Gasteiger partial charge >= 0.3 is 0 Å². The Balaban J connectivity index is 1.42. The van der Waals surface area contributed by atoms with Crippen molar-refractivity contribution >= 4 is 33.7 Å². The lowest BCUT2D eigenvalue weighted by molar-refractivity contribution is 0.103. The summed E-state index contributed by atoms with van der Waals surface area (Å²) >= 11 is 3.04. The quantitative estimate of drug-likeness (QED) is 0.745. The average Bonchev–Trinajstić information content (AvgIpc) is 3.26. The molecule has 0 radical (unpaired) electrons. The van der Waals surface area contributed by atoms with Gasteiger partial charge in [-0.1, -0.05) is 35.9 Å². The molecule has 6 heteroatoms. The lowest BCUT2D eigenvalue weighted by Crippen LogP contribution is -2.29. The number of hydrogen-bond acceptors (Lipinski definition) is 5. The summed E-state index contributed by atoms with van der Waals surface area (Å²) in [7, 11) is 0. The highest BCUT2D eigenvalue weighted by Crippen LogP contribution is 2.29. The van der Waals surface area contributed by atoms with Crippen LogP contribution in [0.25, 0.3) is 0 Å². The van der Waals surface area contributed by atoms with Crippen molar-refractivity contribution in [3.8, 4) is 0 Å². The molecule has 1 aliphatic heterocycles. The van der Waals surface area contributed by atoms with Gasteiger partial charge in [0, 0.05) is 30.9 Å². The Kier molecular flexibility index (Phi) is 4.65. The van der Waals surface area contributed by atoms with Crippen LogP contribution >= 0.6 is 22.7 Å². The predicted octanol–water partition coefficient (Wildman–Crippen LogP) is 4.32. The molecule has 2 aromatic heterocycles. The van der Waals surface area contributed by atoms with E-state index in [9.17, 15) is 4.79 Å². The van der Waals surface area contributed by atoms with Crippen molar-refractivity contribution in [2.75, 3.05) is 11.9 Å². The van der Waals surface area contributed by atoms with Gasteiger partial charge in [0.15, 0.2) is 5.13 Å². The number of nitrogens with zero attached hydrogens (tertiary/aromatic N) is 2. The monoisotopic (exact) mass is 369 g/mol. The summed E-state index contributed by atoms with van der Waals surface area (Å²) in [6, 6.07) is 12.4. The molecule has 0 fully saturated rings. The van der Waals surface area contributed by atoms with Gasteiger partial charge in [0.2, 0.25) is 0 Å². The van der Waals surface area contributed by atoms with E-state index in [4.69, 9.17) is 0 Å². The second kappa shape index (κ2) is 7.07. The number of carbonyl (C=O) groups is 1. The normalized spacial score (nSPS) is 14.3. The first-order valence-electron chi connectivity index (χ1n) is 8.29. The third kappa shape index (κ3) is 3.81. The van der Waals surface area contributed by atoms with Crippen LogP contribution < -0.4 is 5.32 Å². The van der Waals surface area contributed by atoms with Gasteiger partial charge in [-0.3, -0.25) is 15.0 Å². The van der Waals surface area contributed by atoms with E-state index in [0.717, 1.165) is 31.7 Å². The molecule has 1 aliphatic rings.